The van der Waals surface area contributed by atoms with E-state index in [0.717, 1.165) is 17.8 Å². The predicted octanol–water partition coefficient (Wildman–Crippen LogP) is 1.33. The molecule has 2 rings (SSSR count). The molecule has 1 amide bonds. The van der Waals surface area contributed by atoms with E-state index in [1.165, 1.54) is 0 Å². The van der Waals surface area contributed by atoms with Crippen molar-refractivity contribution in [2.75, 3.05) is 45.4 Å². The Balaban J connectivity index is 1.81. The van der Waals surface area contributed by atoms with Gasteiger partial charge >= 0.3 is 0 Å². The van der Waals surface area contributed by atoms with Crippen molar-refractivity contribution in [3.63, 3.8) is 0 Å². The number of hydrogen-bond donors (Lipinski definition) is 2. The molecule has 21 heavy (non-hydrogen) atoms. The van der Waals surface area contributed by atoms with Gasteiger partial charge in [-0.15, -0.1) is 0 Å². The highest BCUT2D eigenvalue weighted by molar-refractivity contribution is 5.95. The summed E-state index contributed by atoms with van der Waals surface area (Å²) in [5.74, 6) is 0.597. The summed E-state index contributed by atoms with van der Waals surface area (Å²) in [6.45, 7) is 4.76. The topological polar surface area (TPSA) is 68.8 Å². The normalized spacial score (nSPS) is 15.0. The van der Waals surface area contributed by atoms with E-state index in [2.05, 4.69) is 17.6 Å². The van der Waals surface area contributed by atoms with Crippen molar-refractivity contribution in [1.29, 1.82) is 0 Å². The van der Waals surface area contributed by atoms with Crippen molar-refractivity contribution in [2.24, 2.45) is 0 Å². The Kier molecular flexibility index (Phi) is 5.98. The molecule has 0 saturated heterocycles. The number of amides is 1. The van der Waals surface area contributed by atoms with Gasteiger partial charge in [0.25, 0.3) is 5.91 Å². The Bertz CT molecular complexity index is 479. The minimum absolute atomic E-state index is 0.0823. The Morgan fingerprint density at radius 3 is 3.05 bits per heavy atom. The van der Waals surface area contributed by atoms with Crippen molar-refractivity contribution in [3.05, 3.63) is 23.8 Å². The smallest absolute Gasteiger partial charge is 0.262 e. The number of rotatable bonds is 8. The minimum Gasteiger partial charge on any atom is -0.482 e. The van der Waals surface area contributed by atoms with E-state index in [0.29, 0.717) is 25.6 Å². The second kappa shape index (κ2) is 7.97. The third kappa shape index (κ3) is 4.70. The highest BCUT2D eigenvalue weighted by Gasteiger charge is 2.17. The van der Waals surface area contributed by atoms with Gasteiger partial charge in [-0.1, -0.05) is 6.07 Å². The molecule has 116 valence electrons. The fraction of sp³-hybridized carbons (Fsp3) is 0.533. The number of carbonyl (C=O) groups excluding carboxylic acids is 1. The van der Waals surface area contributed by atoms with Gasteiger partial charge in [0.15, 0.2) is 6.61 Å². The second-order valence-corrected chi connectivity index (χ2v) is 4.87. The third-order valence-electron chi connectivity index (χ3n) is 3.27. The summed E-state index contributed by atoms with van der Waals surface area (Å²) >= 11 is 0. The van der Waals surface area contributed by atoms with Crippen molar-refractivity contribution in [1.82, 2.24) is 5.32 Å². The molecule has 1 aromatic rings. The van der Waals surface area contributed by atoms with Gasteiger partial charge in [-0.2, -0.15) is 0 Å². The van der Waals surface area contributed by atoms with Crippen LogP contribution >= 0.6 is 0 Å². The lowest BCUT2D eigenvalue weighted by molar-refractivity contribution is -0.118. The molecule has 6 heteroatoms. The highest BCUT2D eigenvalue weighted by atomic mass is 16.5. The van der Waals surface area contributed by atoms with Gasteiger partial charge in [0.05, 0.1) is 25.5 Å². The maximum absolute atomic E-state index is 11.3. The SMILES string of the molecule is COCCOCCNC(C)c1ccc2c(c1)NC(=O)CO2. The lowest BCUT2D eigenvalue weighted by Crippen LogP contribution is -2.26. The van der Waals surface area contributed by atoms with Crippen LogP contribution in [0.25, 0.3) is 0 Å². The summed E-state index contributed by atoms with van der Waals surface area (Å²) in [5, 5.41) is 6.19. The fourth-order valence-electron chi connectivity index (χ4n) is 2.08. The first-order chi connectivity index (χ1) is 10.2. The number of benzene rings is 1. The van der Waals surface area contributed by atoms with E-state index in [1.54, 1.807) is 7.11 Å². The van der Waals surface area contributed by atoms with Gasteiger partial charge in [0.2, 0.25) is 0 Å². The van der Waals surface area contributed by atoms with Crippen LogP contribution in [0.2, 0.25) is 0 Å². The van der Waals surface area contributed by atoms with Gasteiger partial charge < -0.3 is 24.8 Å². The Morgan fingerprint density at radius 2 is 2.24 bits per heavy atom. The summed E-state index contributed by atoms with van der Waals surface area (Å²) in [4.78, 5) is 11.3. The van der Waals surface area contributed by atoms with E-state index in [4.69, 9.17) is 14.2 Å². The van der Waals surface area contributed by atoms with Gasteiger partial charge in [-0.25, -0.2) is 0 Å². The number of methoxy groups -OCH3 is 1. The summed E-state index contributed by atoms with van der Waals surface area (Å²) in [6.07, 6.45) is 0. The summed E-state index contributed by atoms with van der Waals surface area (Å²) in [5.41, 5.74) is 1.82. The Hall–Kier alpha value is -1.63. The minimum atomic E-state index is -0.119. The number of fused-ring (bicyclic) bond motifs is 1. The van der Waals surface area contributed by atoms with Crippen LogP contribution in [0, 0.1) is 0 Å². The van der Waals surface area contributed by atoms with Gasteiger partial charge in [-0.05, 0) is 24.6 Å². The monoisotopic (exact) mass is 294 g/mol. The molecule has 6 nitrogen and oxygen atoms in total. The third-order valence-corrected chi connectivity index (χ3v) is 3.27. The van der Waals surface area contributed by atoms with E-state index in [1.807, 2.05) is 18.2 Å². The zero-order valence-corrected chi connectivity index (χ0v) is 12.5. The molecule has 0 bridgehead atoms. The largest absolute Gasteiger partial charge is 0.482 e. The number of carbonyl (C=O) groups is 1. The maximum Gasteiger partial charge on any atom is 0.262 e. The number of nitrogens with one attached hydrogen (secondary N) is 2. The first-order valence-corrected chi connectivity index (χ1v) is 7.07. The summed E-state index contributed by atoms with van der Waals surface area (Å²) in [7, 11) is 1.66. The average Bonchev–Trinajstić information content (AvgIpc) is 2.49. The highest BCUT2D eigenvalue weighted by Crippen LogP contribution is 2.30. The standard InChI is InChI=1S/C15H22N2O4/c1-11(16-5-6-20-8-7-19-2)12-3-4-14-13(9-12)17-15(18)10-21-14/h3-4,9,11,16H,5-8,10H2,1-2H3,(H,17,18). The lowest BCUT2D eigenvalue weighted by atomic mass is 10.1. The van der Waals surface area contributed by atoms with Crippen LogP contribution in [0.4, 0.5) is 5.69 Å². The van der Waals surface area contributed by atoms with Crippen molar-refractivity contribution >= 4 is 11.6 Å². The molecule has 1 heterocycles. The molecule has 1 atom stereocenters. The van der Waals surface area contributed by atoms with E-state index in [-0.39, 0.29) is 18.6 Å². The van der Waals surface area contributed by atoms with E-state index in [9.17, 15) is 4.79 Å². The fourth-order valence-corrected chi connectivity index (χ4v) is 2.08. The Morgan fingerprint density at radius 1 is 1.38 bits per heavy atom. The molecule has 0 aliphatic carbocycles. The molecule has 0 saturated carbocycles. The number of ether oxygens (including phenoxy) is 3. The zero-order valence-electron chi connectivity index (χ0n) is 12.5. The molecule has 0 aromatic heterocycles. The average molecular weight is 294 g/mol. The quantitative estimate of drug-likeness (QED) is 0.708. The second-order valence-electron chi connectivity index (χ2n) is 4.87. The number of anilines is 1. The van der Waals surface area contributed by atoms with Crippen LogP contribution in [-0.4, -0.2) is 46.0 Å². The Labute approximate surface area is 124 Å². The van der Waals surface area contributed by atoms with Gasteiger partial charge in [-0.3, -0.25) is 4.79 Å². The molecular formula is C15H22N2O4. The summed E-state index contributed by atoms with van der Waals surface area (Å²) < 4.78 is 15.7. The van der Waals surface area contributed by atoms with E-state index < -0.39 is 0 Å². The summed E-state index contributed by atoms with van der Waals surface area (Å²) in [6, 6.07) is 5.99. The zero-order chi connectivity index (χ0) is 15.1. The van der Waals surface area contributed by atoms with Crippen molar-refractivity contribution in [3.8, 4) is 5.75 Å². The first-order valence-electron chi connectivity index (χ1n) is 7.07. The van der Waals surface area contributed by atoms with Crippen molar-refractivity contribution in [2.45, 2.75) is 13.0 Å². The molecular weight excluding hydrogens is 272 g/mol. The van der Waals surface area contributed by atoms with Crippen LogP contribution in [0.5, 0.6) is 5.75 Å². The predicted molar refractivity (Wildman–Crippen MR) is 79.7 cm³/mol. The van der Waals surface area contributed by atoms with Crippen LogP contribution in [0.1, 0.15) is 18.5 Å². The van der Waals surface area contributed by atoms with Crippen molar-refractivity contribution < 1.29 is 19.0 Å². The van der Waals surface area contributed by atoms with Gasteiger partial charge in [0, 0.05) is 19.7 Å². The molecule has 1 aliphatic rings. The first kappa shape index (κ1) is 15.8. The molecule has 0 fully saturated rings. The molecule has 1 aromatic carbocycles. The van der Waals surface area contributed by atoms with Gasteiger partial charge in [0.1, 0.15) is 5.75 Å². The van der Waals surface area contributed by atoms with Crippen LogP contribution < -0.4 is 15.4 Å². The molecule has 1 unspecified atom stereocenters. The maximum atomic E-state index is 11.3. The van der Waals surface area contributed by atoms with Crippen LogP contribution in [-0.2, 0) is 14.3 Å². The molecule has 2 N–H and O–H groups in total. The van der Waals surface area contributed by atoms with Crippen LogP contribution in [0.3, 0.4) is 0 Å². The lowest BCUT2D eigenvalue weighted by Gasteiger charge is -2.21. The van der Waals surface area contributed by atoms with Crippen LogP contribution in [0.15, 0.2) is 18.2 Å². The van der Waals surface area contributed by atoms with E-state index >= 15 is 0 Å². The molecule has 1 aliphatic heterocycles. The number of hydrogen-bond acceptors (Lipinski definition) is 5. The molecule has 0 spiro atoms. The molecule has 0 radical (unpaired) electrons.